The standard InChI is InChI=1S/C56H38N2/c57-39-40-28-32-46(33-29-40)58(47-34-30-42(31-35-47)41-16-5-1-6-17-41)48-36-37-52-54(38-48)56(44-20-9-3-10-21-44,45-22-11-4-12-23-45)53-27-15-26-51(55(52)53)50-25-14-13-24-49(50)43-18-7-2-8-19-43/h1-38H. The number of hydrogen-bond donors (Lipinski definition) is 0. The maximum Gasteiger partial charge on any atom is 0.0991 e. The third-order valence-electron chi connectivity index (χ3n) is 11.6. The lowest BCUT2D eigenvalue weighted by Gasteiger charge is -2.35. The van der Waals surface area contributed by atoms with Gasteiger partial charge in [0.15, 0.2) is 0 Å². The molecule has 9 aromatic carbocycles. The van der Waals surface area contributed by atoms with Crippen molar-refractivity contribution in [1.82, 2.24) is 0 Å². The molecule has 0 aliphatic heterocycles. The summed E-state index contributed by atoms with van der Waals surface area (Å²) in [5.74, 6) is 0. The van der Waals surface area contributed by atoms with Crippen LogP contribution in [0.2, 0.25) is 0 Å². The Kier molecular flexibility index (Phi) is 8.82. The molecule has 0 amide bonds. The molecule has 0 atom stereocenters. The molecular formula is C56H38N2. The molecule has 0 saturated carbocycles. The largest absolute Gasteiger partial charge is 0.310 e. The van der Waals surface area contributed by atoms with Crippen LogP contribution in [0.4, 0.5) is 17.1 Å². The van der Waals surface area contributed by atoms with Crippen LogP contribution in [-0.2, 0) is 5.41 Å². The minimum atomic E-state index is -0.617. The topological polar surface area (TPSA) is 27.0 Å². The zero-order valence-electron chi connectivity index (χ0n) is 31.8. The zero-order chi connectivity index (χ0) is 38.9. The van der Waals surface area contributed by atoms with Gasteiger partial charge in [-0.15, -0.1) is 0 Å². The minimum absolute atomic E-state index is 0.617. The smallest absolute Gasteiger partial charge is 0.0991 e. The zero-order valence-corrected chi connectivity index (χ0v) is 31.8. The van der Waals surface area contributed by atoms with Crippen LogP contribution in [0.25, 0.3) is 44.5 Å². The lowest BCUT2D eigenvalue weighted by atomic mass is 9.67. The van der Waals surface area contributed by atoms with Crippen LogP contribution in [0.5, 0.6) is 0 Å². The molecule has 0 unspecified atom stereocenters. The first kappa shape index (κ1) is 34.7. The van der Waals surface area contributed by atoms with Gasteiger partial charge in [0.25, 0.3) is 0 Å². The fourth-order valence-corrected chi connectivity index (χ4v) is 9.04. The lowest BCUT2D eigenvalue weighted by Crippen LogP contribution is -2.28. The summed E-state index contributed by atoms with van der Waals surface area (Å²) in [5, 5.41) is 9.73. The third kappa shape index (κ3) is 5.81. The normalized spacial score (nSPS) is 12.3. The Labute approximate surface area is 340 Å². The highest BCUT2D eigenvalue weighted by Crippen LogP contribution is 2.59. The van der Waals surface area contributed by atoms with Gasteiger partial charge in [0.2, 0.25) is 0 Å². The van der Waals surface area contributed by atoms with Crippen molar-refractivity contribution >= 4 is 17.1 Å². The second kappa shape index (κ2) is 14.7. The van der Waals surface area contributed by atoms with Gasteiger partial charge in [0, 0.05) is 17.1 Å². The van der Waals surface area contributed by atoms with Gasteiger partial charge in [-0.05, 0) is 115 Å². The quantitative estimate of drug-likeness (QED) is 0.155. The maximum absolute atomic E-state index is 9.73. The summed E-state index contributed by atoms with van der Waals surface area (Å²) in [5.41, 5.74) is 17.6. The van der Waals surface area contributed by atoms with E-state index in [1.54, 1.807) is 0 Å². The fourth-order valence-electron chi connectivity index (χ4n) is 9.04. The van der Waals surface area contributed by atoms with Gasteiger partial charge in [-0.1, -0.05) is 182 Å². The SMILES string of the molecule is N#Cc1ccc(N(c2ccc(-c3ccccc3)cc2)c2ccc3c(c2)C(c2ccccc2)(c2ccccc2)c2cccc(-c4ccccc4-c4ccccc4)c2-3)cc1. The van der Waals surface area contributed by atoms with Crippen molar-refractivity contribution < 1.29 is 0 Å². The van der Waals surface area contributed by atoms with Gasteiger partial charge in [0.1, 0.15) is 0 Å². The Balaban J connectivity index is 1.25. The summed E-state index contributed by atoms with van der Waals surface area (Å²) < 4.78 is 0. The maximum atomic E-state index is 9.73. The van der Waals surface area contributed by atoms with Crippen LogP contribution in [0.15, 0.2) is 231 Å². The highest BCUT2D eigenvalue weighted by atomic mass is 15.1. The Morgan fingerprint density at radius 1 is 0.345 bits per heavy atom. The second-order valence-corrected chi connectivity index (χ2v) is 14.8. The van der Waals surface area contributed by atoms with E-state index in [1.807, 2.05) is 30.3 Å². The van der Waals surface area contributed by atoms with Crippen molar-refractivity contribution in [3.63, 3.8) is 0 Å². The predicted molar refractivity (Wildman–Crippen MR) is 239 cm³/mol. The first-order chi connectivity index (χ1) is 28.7. The summed E-state index contributed by atoms with van der Waals surface area (Å²) in [6.07, 6.45) is 0. The number of nitrogens with zero attached hydrogens (tertiary/aromatic N) is 2. The molecular weight excluding hydrogens is 701 g/mol. The molecule has 0 aromatic heterocycles. The summed E-state index contributed by atoms with van der Waals surface area (Å²) in [7, 11) is 0. The first-order valence-electron chi connectivity index (χ1n) is 19.7. The lowest BCUT2D eigenvalue weighted by molar-refractivity contribution is 0.768. The number of nitriles is 1. The van der Waals surface area contributed by atoms with E-state index in [0.29, 0.717) is 5.56 Å². The molecule has 0 fully saturated rings. The molecule has 0 bridgehead atoms. The van der Waals surface area contributed by atoms with Crippen LogP contribution in [0.3, 0.4) is 0 Å². The van der Waals surface area contributed by atoms with Gasteiger partial charge in [-0.3, -0.25) is 0 Å². The molecule has 0 saturated heterocycles. The van der Waals surface area contributed by atoms with Crippen molar-refractivity contribution in [2.24, 2.45) is 0 Å². The van der Waals surface area contributed by atoms with E-state index in [2.05, 4.69) is 211 Å². The average Bonchev–Trinajstić information content (AvgIpc) is 3.61. The van der Waals surface area contributed by atoms with Gasteiger partial charge < -0.3 is 4.90 Å². The van der Waals surface area contributed by atoms with Gasteiger partial charge >= 0.3 is 0 Å². The van der Waals surface area contributed by atoms with Crippen LogP contribution in [-0.4, -0.2) is 0 Å². The Morgan fingerprint density at radius 3 is 1.43 bits per heavy atom. The van der Waals surface area contributed by atoms with E-state index in [-0.39, 0.29) is 0 Å². The molecule has 2 heteroatoms. The van der Waals surface area contributed by atoms with E-state index in [9.17, 15) is 5.26 Å². The van der Waals surface area contributed by atoms with Gasteiger partial charge in [0.05, 0.1) is 17.0 Å². The molecule has 0 N–H and O–H groups in total. The number of anilines is 3. The van der Waals surface area contributed by atoms with E-state index in [0.717, 1.165) is 22.6 Å². The average molecular weight is 739 g/mol. The molecule has 2 nitrogen and oxygen atoms in total. The third-order valence-corrected chi connectivity index (χ3v) is 11.6. The van der Waals surface area contributed by atoms with Crippen molar-refractivity contribution in [2.75, 3.05) is 4.90 Å². The first-order valence-corrected chi connectivity index (χ1v) is 19.7. The molecule has 0 radical (unpaired) electrons. The van der Waals surface area contributed by atoms with Crippen molar-refractivity contribution in [3.05, 3.63) is 258 Å². The van der Waals surface area contributed by atoms with Crippen molar-refractivity contribution in [2.45, 2.75) is 5.41 Å². The Bertz CT molecular complexity index is 2870. The summed E-state index contributed by atoms with van der Waals surface area (Å²) >= 11 is 0. The number of fused-ring (bicyclic) bond motifs is 3. The minimum Gasteiger partial charge on any atom is -0.310 e. The summed E-state index contributed by atoms with van der Waals surface area (Å²) in [6, 6.07) is 84.8. The Hall–Kier alpha value is -7.73. The van der Waals surface area contributed by atoms with E-state index in [1.165, 1.54) is 61.2 Å². The molecule has 58 heavy (non-hydrogen) atoms. The highest BCUT2D eigenvalue weighted by molar-refractivity contribution is 5.99. The number of rotatable bonds is 8. The molecule has 1 aliphatic rings. The van der Waals surface area contributed by atoms with Crippen LogP contribution in [0, 0.1) is 11.3 Å². The summed E-state index contributed by atoms with van der Waals surface area (Å²) in [4.78, 5) is 2.31. The van der Waals surface area contributed by atoms with Gasteiger partial charge in [-0.25, -0.2) is 0 Å². The van der Waals surface area contributed by atoms with Gasteiger partial charge in [-0.2, -0.15) is 5.26 Å². The van der Waals surface area contributed by atoms with E-state index >= 15 is 0 Å². The molecule has 0 spiro atoms. The Morgan fingerprint density at radius 2 is 0.828 bits per heavy atom. The van der Waals surface area contributed by atoms with E-state index < -0.39 is 5.41 Å². The molecule has 9 aromatic rings. The van der Waals surface area contributed by atoms with E-state index in [4.69, 9.17) is 0 Å². The number of benzene rings is 9. The van der Waals surface area contributed by atoms with Crippen LogP contribution in [0.1, 0.15) is 27.8 Å². The van der Waals surface area contributed by atoms with Crippen LogP contribution >= 0.6 is 0 Å². The summed E-state index contributed by atoms with van der Waals surface area (Å²) in [6.45, 7) is 0. The molecule has 272 valence electrons. The number of hydrogen-bond acceptors (Lipinski definition) is 2. The monoisotopic (exact) mass is 738 g/mol. The predicted octanol–water partition coefficient (Wildman–Crippen LogP) is 14.4. The fraction of sp³-hybridized carbons (Fsp3) is 0.0179. The molecule has 0 heterocycles. The molecule has 10 rings (SSSR count). The molecule has 1 aliphatic carbocycles. The van der Waals surface area contributed by atoms with Crippen molar-refractivity contribution in [1.29, 1.82) is 5.26 Å². The highest BCUT2D eigenvalue weighted by Gasteiger charge is 2.47. The van der Waals surface area contributed by atoms with Crippen LogP contribution < -0.4 is 4.90 Å². The second-order valence-electron chi connectivity index (χ2n) is 14.8. The van der Waals surface area contributed by atoms with Crippen molar-refractivity contribution in [3.8, 4) is 50.6 Å².